The lowest BCUT2D eigenvalue weighted by molar-refractivity contribution is -0.159. The van der Waals surface area contributed by atoms with E-state index >= 15 is 0 Å². The lowest BCUT2D eigenvalue weighted by Crippen LogP contribution is -2.55. The Kier molecular flexibility index (Phi) is 9.40. The zero-order valence-corrected chi connectivity index (χ0v) is 18.6. The largest absolute Gasteiger partial charge is 0.458 e. The molecule has 3 N–H and O–H groups in total. The smallest absolute Gasteiger partial charge is 0.329 e. The summed E-state index contributed by atoms with van der Waals surface area (Å²) in [5.74, 6) is -0.509. The summed E-state index contributed by atoms with van der Waals surface area (Å²) in [6.45, 7) is 14.2. The van der Waals surface area contributed by atoms with Crippen molar-refractivity contribution in [1.82, 2.24) is 16.0 Å². The third-order valence-corrected chi connectivity index (χ3v) is 4.43. The van der Waals surface area contributed by atoms with E-state index in [1.165, 1.54) is 0 Å². The number of carbonyl (C=O) groups excluding carboxylic acids is 3. The van der Waals surface area contributed by atoms with Crippen molar-refractivity contribution < 1.29 is 19.1 Å². The van der Waals surface area contributed by atoms with Gasteiger partial charge in [-0.3, -0.25) is 9.59 Å². The van der Waals surface area contributed by atoms with Gasteiger partial charge in [0.1, 0.15) is 17.7 Å². The van der Waals surface area contributed by atoms with Crippen LogP contribution in [0.15, 0.2) is 0 Å². The fraction of sp³-hybridized carbons (Fsp3) is 0.857. The van der Waals surface area contributed by atoms with Gasteiger partial charge in [-0.25, -0.2) is 4.79 Å². The highest BCUT2D eigenvalue weighted by Gasteiger charge is 2.32. The molecule has 1 aliphatic heterocycles. The average molecular weight is 398 g/mol. The summed E-state index contributed by atoms with van der Waals surface area (Å²) in [7, 11) is 0. The van der Waals surface area contributed by atoms with E-state index in [0.29, 0.717) is 12.8 Å². The monoisotopic (exact) mass is 397 g/mol. The van der Waals surface area contributed by atoms with Crippen molar-refractivity contribution in [2.24, 2.45) is 11.8 Å². The van der Waals surface area contributed by atoms with Crippen LogP contribution in [-0.4, -0.2) is 48.1 Å². The minimum atomic E-state index is -0.733. The maximum absolute atomic E-state index is 12.9. The van der Waals surface area contributed by atoms with Crippen LogP contribution in [0, 0.1) is 11.8 Å². The maximum Gasteiger partial charge on any atom is 0.329 e. The Morgan fingerprint density at radius 3 is 2.04 bits per heavy atom. The minimum Gasteiger partial charge on any atom is -0.458 e. The van der Waals surface area contributed by atoms with Crippen LogP contribution in [0.5, 0.6) is 0 Å². The molecule has 1 rings (SSSR count). The summed E-state index contributed by atoms with van der Waals surface area (Å²) in [5, 5.41) is 8.84. The van der Waals surface area contributed by atoms with Gasteiger partial charge in [0.05, 0.1) is 6.04 Å². The molecule has 7 nitrogen and oxygen atoms in total. The number of nitrogens with one attached hydrogen (secondary N) is 3. The van der Waals surface area contributed by atoms with Crippen LogP contribution < -0.4 is 16.0 Å². The van der Waals surface area contributed by atoms with Crippen molar-refractivity contribution in [1.29, 1.82) is 0 Å². The first kappa shape index (κ1) is 24.4. The third kappa shape index (κ3) is 9.04. The van der Waals surface area contributed by atoms with Gasteiger partial charge in [-0.05, 0) is 64.8 Å². The summed E-state index contributed by atoms with van der Waals surface area (Å²) in [4.78, 5) is 38.0. The molecule has 162 valence electrons. The number of hydrogen-bond acceptors (Lipinski definition) is 5. The number of hydrogen-bond donors (Lipinski definition) is 3. The predicted molar refractivity (Wildman–Crippen MR) is 110 cm³/mol. The molecule has 0 unspecified atom stereocenters. The normalized spacial score (nSPS) is 19.4. The molecule has 2 amide bonds. The van der Waals surface area contributed by atoms with E-state index in [-0.39, 0.29) is 29.7 Å². The molecule has 1 aliphatic rings. The zero-order valence-electron chi connectivity index (χ0n) is 18.6. The quantitative estimate of drug-likeness (QED) is 0.518. The van der Waals surface area contributed by atoms with E-state index in [0.717, 1.165) is 19.4 Å². The number of esters is 1. The highest BCUT2D eigenvalue weighted by Crippen LogP contribution is 2.14. The van der Waals surface area contributed by atoms with Gasteiger partial charge in [-0.2, -0.15) is 0 Å². The first-order chi connectivity index (χ1) is 12.9. The molecule has 0 bridgehead atoms. The van der Waals surface area contributed by atoms with Crippen molar-refractivity contribution in [3.8, 4) is 0 Å². The predicted octanol–water partition coefficient (Wildman–Crippen LogP) is 2.14. The molecule has 0 spiro atoms. The van der Waals surface area contributed by atoms with Gasteiger partial charge < -0.3 is 20.7 Å². The molecule has 0 radical (unpaired) electrons. The highest BCUT2D eigenvalue weighted by atomic mass is 16.6. The molecular formula is C21H39N3O4. The van der Waals surface area contributed by atoms with Crippen LogP contribution in [-0.2, 0) is 19.1 Å². The van der Waals surface area contributed by atoms with Crippen LogP contribution >= 0.6 is 0 Å². The van der Waals surface area contributed by atoms with Crippen LogP contribution in [0.1, 0.15) is 74.1 Å². The van der Waals surface area contributed by atoms with Crippen molar-refractivity contribution in [3.63, 3.8) is 0 Å². The molecule has 1 heterocycles. The summed E-state index contributed by atoms with van der Waals surface area (Å²) in [6.07, 6.45) is 2.71. The number of carbonyl (C=O) groups is 3. The number of ether oxygens (including phenoxy) is 1. The van der Waals surface area contributed by atoms with E-state index in [4.69, 9.17) is 4.74 Å². The number of amides is 2. The standard InChI is InChI=1S/C21H39N3O4/c1-13(2)11-16(23-18(25)15-9-8-10-22-15)19(26)24-17(12-14(3)4)20(27)28-21(5,6)7/h13-17,22H,8-12H2,1-7H3,(H,23,25)(H,24,26)/t15-,16-,17-/m0/s1. The second kappa shape index (κ2) is 10.8. The topological polar surface area (TPSA) is 96.5 Å². The van der Waals surface area contributed by atoms with E-state index in [1.54, 1.807) is 20.8 Å². The molecule has 3 atom stereocenters. The molecule has 1 fully saturated rings. The molecule has 28 heavy (non-hydrogen) atoms. The zero-order chi connectivity index (χ0) is 21.5. The van der Waals surface area contributed by atoms with Crippen LogP contribution in [0.25, 0.3) is 0 Å². The van der Waals surface area contributed by atoms with E-state index in [1.807, 2.05) is 27.7 Å². The molecular weight excluding hydrogens is 358 g/mol. The molecule has 7 heteroatoms. The van der Waals surface area contributed by atoms with Crippen LogP contribution in [0.2, 0.25) is 0 Å². The fourth-order valence-corrected chi connectivity index (χ4v) is 3.21. The van der Waals surface area contributed by atoms with Crippen molar-refractivity contribution in [2.75, 3.05) is 6.54 Å². The first-order valence-corrected chi connectivity index (χ1v) is 10.5. The Balaban J connectivity index is 2.84. The molecule has 1 saturated heterocycles. The fourth-order valence-electron chi connectivity index (χ4n) is 3.21. The first-order valence-electron chi connectivity index (χ1n) is 10.5. The second-order valence-corrected chi connectivity index (χ2v) is 9.56. The minimum absolute atomic E-state index is 0.157. The van der Waals surface area contributed by atoms with Crippen molar-refractivity contribution >= 4 is 17.8 Å². The molecule has 0 aromatic heterocycles. The van der Waals surface area contributed by atoms with Crippen LogP contribution in [0.3, 0.4) is 0 Å². The van der Waals surface area contributed by atoms with Crippen LogP contribution in [0.4, 0.5) is 0 Å². The number of rotatable bonds is 9. The maximum atomic E-state index is 12.9. The van der Waals surface area contributed by atoms with Gasteiger partial charge >= 0.3 is 5.97 Å². The second-order valence-electron chi connectivity index (χ2n) is 9.56. The lowest BCUT2D eigenvalue weighted by atomic mass is 10.00. The van der Waals surface area contributed by atoms with Crippen molar-refractivity contribution in [3.05, 3.63) is 0 Å². The van der Waals surface area contributed by atoms with Gasteiger partial charge in [0.2, 0.25) is 11.8 Å². The van der Waals surface area contributed by atoms with Gasteiger partial charge in [0.25, 0.3) is 0 Å². The molecule has 0 aliphatic carbocycles. The lowest BCUT2D eigenvalue weighted by Gasteiger charge is -2.28. The summed E-state index contributed by atoms with van der Waals surface area (Å²) in [6, 6.07) is -1.66. The van der Waals surface area contributed by atoms with E-state index in [9.17, 15) is 14.4 Å². The van der Waals surface area contributed by atoms with E-state index < -0.39 is 23.7 Å². The van der Waals surface area contributed by atoms with Gasteiger partial charge in [-0.15, -0.1) is 0 Å². The highest BCUT2D eigenvalue weighted by molar-refractivity contribution is 5.92. The van der Waals surface area contributed by atoms with Gasteiger partial charge in [0, 0.05) is 0 Å². The van der Waals surface area contributed by atoms with E-state index in [2.05, 4.69) is 16.0 Å². The average Bonchev–Trinajstić information content (AvgIpc) is 3.05. The summed E-state index contributed by atoms with van der Waals surface area (Å²) in [5.41, 5.74) is -0.628. The Morgan fingerprint density at radius 2 is 1.57 bits per heavy atom. The third-order valence-electron chi connectivity index (χ3n) is 4.43. The summed E-state index contributed by atoms with van der Waals surface area (Å²) < 4.78 is 5.47. The SMILES string of the molecule is CC(C)C[C@H](NC(=O)[C@@H]1CCCN1)C(=O)N[C@@H](CC(C)C)C(=O)OC(C)(C)C. The molecule has 0 aromatic carbocycles. The Morgan fingerprint density at radius 1 is 1.00 bits per heavy atom. The summed E-state index contributed by atoms with van der Waals surface area (Å²) >= 11 is 0. The van der Waals surface area contributed by atoms with Gasteiger partial charge in [0.15, 0.2) is 0 Å². The molecule has 0 aromatic rings. The molecule has 0 saturated carbocycles. The Bertz CT molecular complexity index is 534. The van der Waals surface area contributed by atoms with Crippen molar-refractivity contribution in [2.45, 2.75) is 97.9 Å². The Hall–Kier alpha value is -1.63. The van der Waals surface area contributed by atoms with Gasteiger partial charge in [-0.1, -0.05) is 27.7 Å². The Labute approximate surface area is 169 Å².